The molecule has 0 fully saturated rings. The Hall–Kier alpha value is -2.51. The van der Waals surface area contributed by atoms with Crippen molar-refractivity contribution in [1.82, 2.24) is 0 Å². The molecule has 0 atom stereocenters. The summed E-state index contributed by atoms with van der Waals surface area (Å²) in [5.74, 6) is 0.397. The molecule has 0 saturated carbocycles. The van der Waals surface area contributed by atoms with Crippen LogP contribution in [0, 0.1) is 5.92 Å². The highest BCUT2D eigenvalue weighted by atomic mass is 32.2. The summed E-state index contributed by atoms with van der Waals surface area (Å²) in [6, 6.07) is 13.0. The predicted molar refractivity (Wildman–Crippen MR) is 111 cm³/mol. The SMILES string of the molecule is CC(C)C(=O)Cc1ccc(CS(=O)(=O)c2ccc(OC/C(=C/F)CN)cc2)cc1. The van der Waals surface area contributed by atoms with Gasteiger partial charge in [-0.25, -0.2) is 12.8 Å². The first-order valence-electron chi connectivity index (χ1n) is 9.29. The number of carbonyl (C=O) groups excluding carboxylic acids is 1. The Kier molecular flexibility index (Phi) is 8.10. The van der Waals surface area contributed by atoms with Crippen molar-refractivity contribution in [3.05, 3.63) is 71.6 Å². The van der Waals surface area contributed by atoms with Gasteiger partial charge >= 0.3 is 0 Å². The highest BCUT2D eigenvalue weighted by molar-refractivity contribution is 7.90. The largest absolute Gasteiger partial charge is 0.489 e. The molecule has 29 heavy (non-hydrogen) atoms. The van der Waals surface area contributed by atoms with E-state index >= 15 is 0 Å². The number of benzene rings is 2. The Morgan fingerprint density at radius 2 is 1.66 bits per heavy atom. The minimum absolute atomic E-state index is 0.00472. The van der Waals surface area contributed by atoms with E-state index in [1.165, 1.54) is 24.3 Å². The molecule has 2 rings (SSSR count). The molecule has 0 spiro atoms. The summed E-state index contributed by atoms with van der Waals surface area (Å²) >= 11 is 0. The van der Waals surface area contributed by atoms with Gasteiger partial charge in [0.05, 0.1) is 17.0 Å². The summed E-state index contributed by atoms with van der Waals surface area (Å²) in [4.78, 5) is 12.0. The maximum absolute atomic E-state index is 12.7. The summed E-state index contributed by atoms with van der Waals surface area (Å²) in [7, 11) is -3.53. The number of rotatable bonds is 10. The van der Waals surface area contributed by atoms with E-state index in [1.54, 1.807) is 24.3 Å². The maximum Gasteiger partial charge on any atom is 0.182 e. The molecule has 0 bridgehead atoms. The van der Waals surface area contributed by atoms with Gasteiger partial charge in [0.25, 0.3) is 0 Å². The average Bonchev–Trinajstić information content (AvgIpc) is 2.70. The molecule has 0 aliphatic heterocycles. The van der Waals surface area contributed by atoms with Crippen molar-refractivity contribution in [3.63, 3.8) is 0 Å². The number of carbonyl (C=O) groups is 1. The minimum Gasteiger partial charge on any atom is -0.489 e. The summed E-state index contributed by atoms with van der Waals surface area (Å²) < 4.78 is 43.2. The molecule has 156 valence electrons. The van der Waals surface area contributed by atoms with Crippen LogP contribution in [0.15, 0.2) is 65.3 Å². The molecule has 0 radical (unpaired) electrons. The summed E-state index contributed by atoms with van der Waals surface area (Å²) in [6.07, 6.45) is 0.748. The number of ether oxygens (including phenoxy) is 1. The van der Waals surface area contributed by atoms with Gasteiger partial charge < -0.3 is 10.5 Å². The third kappa shape index (κ3) is 6.80. The average molecular weight is 420 g/mol. The second kappa shape index (κ2) is 10.3. The van der Waals surface area contributed by atoms with Crippen LogP contribution in [0.25, 0.3) is 0 Å². The zero-order valence-electron chi connectivity index (χ0n) is 16.6. The number of hydrogen-bond acceptors (Lipinski definition) is 5. The van der Waals surface area contributed by atoms with Crippen LogP contribution in [0.3, 0.4) is 0 Å². The van der Waals surface area contributed by atoms with E-state index in [1.807, 2.05) is 13.8 Å². The van der Waals surface area contributed by atoms with Crippen LogP contribution in [-0.4, -0.2) is 27.4 Å². The Bertz CT molecular complexity index is 949. The molecule has 0 amide bonds. The molecule has 2 N–H and O–H groups in total. The summed E-state index contributed by atoms with van der Waals surface area (Å²) in [6.45, 7) is 3.76. The van der Waals surface area contributed by atoms with Gasteiger partial charge in [-0.3, -0.25) is 4.79 Å². The van der Waals surface area contributed by atoms with Gasteiger partial charge in [-0.1, -0.05) is 38.1 Å². The van der Waals surface area contributed by atoms with Crippen LogP contribution in [-0.2, 0) is 26.8 Å². The van der Waals surface area contributed by atoms with Crippen molar-refractivity contribution < 1.29 is 22.3 Å². The fraction of sp³-hybridized carbons (Fsp3) is 0.318. The second-order valence-electron chi connectivity index (χ2n) is 7.10. The fourth-order valence-corrected chi connectivity index (χ4v) is 3.86. The van der Waals surface area contributed by atoms with E-state index in [2.05, 4.69) is 0 Å². The highest BCUT2D eigenvalue weighted by Crippen LogP contribution is 2.21. The highest BCUT2D eigenvalue weighted by Gasteiger charge is 2.16. The lowest BCUT2D eigenvalue weighted by Gasteiger charge is -2.09. The number of hydrogen-bond donors (Lipinski definition) is 1. The van der Waals surface area contributed by atoms with Crippen molar-refractivity contribution in [2.24, 2.45) is 11.7 Å². The second-order valence-corrected chi connectivity index (χ2v) is 9.09. The monoisotopic (exact) mass is 419 g/mol. The van der Waals surface area contributed by atoms with E-state index in [0.29, 0.717) is 29.6 Å². The number of halogens is 1. The van der Waals surface area contributed by atoms with Crippen molar-refractivity contribution in [2.75, 3.05) is 13.2 Å². The molecule has 0 saturated heterocycles. The minimum atomic E-state index is -3.53. The van der Waals surface area contributed by atoms with Gasteiger partial charge in [0.2, 0.25) is 0 Å². The van der Waals surface area contributed by atoms with Crippen LogP contribution in [0.5, 0.6) is 5.75 Å². The van der Waals surface area contributed by atoms with Gasteiger partial charge in [-0.2, -0.15) is 0 Å². The first-order valence-corrected chi connectivity index (χ1v) is 10.9. The smallest absolute Gasteiger partial charge is 0.182 e. The molecular formula is C22H26FNO4S. The van der Waals surface area contributed by atoms with Crippen molar-refractivity contribution in [1.29, 1.82) is 0 Å². The van der Waals surface area contributed by atoms with Gasteiger partial charge in [0, 0.05) is 24.5 Å². The van der Waals surface area contributed by atoms with E-state index in [4.69, 9.17) is 10.5 Å². The third-order valence-electron chi connectivity index (χ3n) is 4.43. The molecule has 7 heteroatoms. The molecule has 0 aromatic heterocycles. The molecule has 0 unspecified atom stereocenters. The summed E-state index contributed by atoms with van der Waals surface area (Å²) in [5, 5.41) is 0. The van der Waals surface area contributed by atoms with Crippen molar-refractivity contribution in [3.8, 4) is 5.75 Å². The maximum atomic E-state index is 12.7. The number of ketones is 1. The molecule has 2 aromatic rings. The fourth-order valence-electron chi connectivity index (χ4n) is 2.52. The predicted octanol–water partition coefficient (Wildman–Crippen LogP) is 3.62. The zero-order valence-corrected chi connectivity index (χ0v) is 17.4. The number of sulfone groups is 1. The molecule has 0 aliphatic carbocycles. The number of Topliss-reactive ketones (excluding diaryl/α,β-unsaturated/α-hetero) is 1. The Balaban J connectivity index is 2.02. The normalized spacial score (nSPS) is 12.2. The van der Waals surface area contributed by atoms with Crippen molar-refractivity contribution >= 4 is 15.6 Å². The lowest BCUT2D eigenvalue weighted by molar-refractivity contribution is -0.121. The van der Waals surface area contributed by atoms with Crippen LogP contribution >= 0.6 is 0 Å². The quantitative estimate of drug-likeness (QED) is 0.636. The topological polar surface area (TPSA) is 86.5 Å². The van der Waals surface area contributed by atoms with E-state index in [9.17, 15) is 17.6 Å². The first kappa shape index (κ1) is 22.8. The van der Waals surface area contributed by atoms with Crippen LogP contribution < -0.4 is 10.5 Å². The molecule has 0 heterocycles. The van der Waals surface area contributed by atoms with Gasteiger partial charge in [-0.05, 0) is 35.4 Å². The molecular weight excluding hydrogens is 393 g/mol. The van der Waals surface area contributed by atoms with Crippen molar-refractivity contribution in [2.45, 2.75) is 30.9 Å². The third-order valence-corrected chi connectivity index (χ3v) is 6.13. The van der Waals surface area contributed by atoms with E-state index in [-0.39, 0.29) is 35.5 Å². The molecule has 5 nitrogen and oxygen atoms in total. The number of nitrogens with two attached hydrogens (primary N) is 1. The Morgan fingerprint density at radius 3 is 2.17 bits per heavy atom. The van der Waals surface area contributed by atoms with Gasteiger partial charge in [-0.15, -0.1) is 0 Å². The van der Waals surface area contributed by atoms with Gasteiger partial charge in [0.15, 0.2) is 9.84 Å². The standard InChI is InChI=1S/C22H26FNO4S/c1-16(2)22(25)11-17-3-5-18(6-4-17)15-29(26,27)21-9-7-20(8-10-21)28-14-19(12-23)13-24/h3-10,12,16H,11,13-15,24H2,1-2H3/b19-12+. The van der Waals surface area contributed by atoms with Crippen LogP contribution in [0.2, 0.25) is 0 Å². The lowest BCUT2D eigenvalue weighted by Crippen LogP contribution is -2.11. The Labute approximate surface area is 171 Å². The first-order chi connectivity index (χ1) is 13.7. The Morgan fingerprint density at radius 1 is 1.07 bits per heavy atom. The van der Waals surface area contributed by atoms with E-state index < -0.39 is 9.84 Å². The molecule has 0 aliphatic rings. The van der Waals surface area contributed by atoms with Gasteiger partial charge in [0.1, 0.15) is 18.1 Å². The van der Waals surface area contributed by atoms with E-state index in [0.717, 1.165) is 5.56 Å². The van der Waals surface area contributed by atoms with Crippen LogP contribution in [0.1, 0.15) is 25.0 Å². The van der Waals surface area contributed by atoms with Crippen LogP contribution in [0.4, 0.5) is 4.39 Å². The molecule has 2 aromatic carbocycles. The summed E-state index contributed by atoms with van der Waals surface area (Å²) in [5.41, 5.74) is 7.18. The zero-order chi connectivity index (χ0) is 21.4. The lowest BCUT2D eigenvalue weighted by atomic mass is 10.0.